The van der Waals surface area contributed by atoms with Crippen LogP contribution in [0.4, 0.5) is 10.2 Å². The van der Waals surface area contributed by atoms with E-state index >= 15 is 4.39 Å². The van der Waals surface area contributed by atoms with Gasteiger partial charge in [-0.25, -0.2) is 8.76 Å². The van der Waals surface area contributed by atoms with E-state index in [4.69, 9.17) is 11.6 Å². The molecule has 0 bridgehead atoms. The fourth-order valence-electron chi connectivity index (χ4n) is 3.28. The van der Waals surface area contributed by atoms with Gasteiger partial charge in [-0.15, -0.1) is 11.3 Å². The van der Waals surface area contributed by atoms with Gasteiger partial charge < -0.3 is 5.32 Å². The maximum absolute atomic E-state index is 15.8. The van der Waals surface area contributed by atoms with Gasteiger partial charge in [-0.1, -0.05) is 11.6 Å². The molecule has 0 aliphatic heterocycles. The van der Waals surface area contributed by atoms with E-state index in [-0.39, 0.29) is 35.9 Å². The van der Waals surface area contributed by atoms with Crippen LogP contribution in [0.25, 0.3) is 11.3 Å². The number of rotatable bonds is 7. The summed E-state index contributed by atoms with van der Waals surface area (Å²) in [5.41, 5.74) is 0.0877. The molecule has 0 unspecified atom stereocenters. The van der Waals surface area contributed by atoms with Crippen LogP contribution in [0.1, 0.15) is 20.2 Å². The van der Waals surface area contributed by atoms with Gasteiger partial charge in [0.2, 0.25) is 0 Å². The molecule has 0 saturated heterocycles. The first kappa shape index (κ1) is 24.0. The molecule has 0 spiro atoms. The maximum Gasteiger partial charge on any atom is 0.299 e. The summed E-state index contributed by atoms with van der Waals surface area (Å²) in [4.78, 5) is 27.4. The molecule has 0 radical (unpaired) electrons. The van der Waals surface area contributed by atoms with Gasteiger partial charge in [-0.2, -0.15) is 14.2 Å². The zero-order valence-electron chi connectivity index (χ0n) is 17.4. The fourth-order valence-corrected chi connectivity index (χ4v) is 5.99. The Morgan fingerprint density at radius 3 is 2.71 bits per heavy atom. The third-order valence-electron chi connectivity index (χ3n) is 4.91. The Labute approximate surface area is 223 Å². The number of nitrogens with one attached hydrogen (secondary N) is 1. The van der Waals surface area contributed by atoms with Crippen molar-refractivity contribution in [1.82, 2.24) is 23.1 Å². The molecule has 0 aromatic carbocycles. The average Bonchev–Trinajstić information content (AvgIpc) is 3.64. The maximum atomic E-state index is 15.8. The Morgan fingerprint density at radius 1 is 1.17 bits per heavy atom. The van der Waals surface area contributed by atoms with Crippen LogP contribution in [-0.4, -0.2) is 29.0 Å². The van der Waals surface area contributed by atoms with Crippen LogP contribution in [0.15, 0.2) is 57.4 Å². The number of nitrogens with zero attached hydrogens (tertiary/aromatic N) is 5. The third-order valence-corrected chi connectivity index (χ3v) is 8.29. The van der Waals surface area contributed by atoms with Crippen LogP contribution >= 0.6 is 61.9 Å². The summed E-state index contributed by atoms with van der Waals surface area (Å²) < 4.78 is 27.3. The lowest BCUT2D eigenvalue weighted by molar-refractivity contribution is 0.0943. The molecule has 5 aromatic heterocycles. The molecule has 0 atom stereocenters. The van der Waals surface area contributed by atoms with Gasteiger partial charge in [0.1, 0.15) is 11.4 Å². The second-order valence-corrected chi connectivity index (χ2v) is 11.2. The lowest BCUT2D eigenvalue weighted by atomic mass is 10.2. The van der Waals surface area contributed by atoms with Gasteiger partial charge in [0.05, 0.1) is 22.0 Å². The summed E-state index contributed by atoms with van der Waals surface area (Å²) in [6, 6.07) is 9.71. The van der Waals surface area contributed by atoms with E-state index in [0.29, 0.717) is 14.5 Å². The first-order chi connectivity index (χ1) is 16.9. The number of hydrogen-bond acceptors (Lipinski definition) is 9. The van der Waals surface area contributed by atoms with E-state index in [1.807, 2.05) is 6.07 Å². The number of thiophene rings is 1. The van der Waals surface area contributed by atoms with Gasteiger partial charge in [0.15, 0.2) is 11.6 Å². The van der Waals surface area contributed by atoms with Crippen molar-refractivity contribution in [2.24, 2.45) is 0 Å². The molecule has 14 heteroatoms. The van der Waals surface area contributed by atoms with Crippen LogP contribution in [0.5, 0.6) is 0 Å². The van der Waals surface area contributed by atoms with Crippen molar-refractivity contribution in [1.29, 1.82) is 0 Å². The number of pyridine rings is 1. The Balaban J connectivity index is 1.59. The van der Waals surface area contributed by atoms with Crippen molar-refractivity contribution >= 4 is 73.7 Å². The van der Waals surface area contributed by atoms with Crippen LogP contribution in [0.3, 0.4) is 0 Å². The average molecular weight is 612 g/mol. The summed E-state index contributed by atoms with van der Waals surface area (Å²) in [5.74, 6) is -1.44. The molecule has 5 heterocycles. The standard InChI is InChI=1S/C21H13BrClFN6O2S3/c22-19-13(2-4-16(31)29(19)10-12-5-7-26-35-12)18-17(24)20(25-9-11-1-3-15(23)34-11)30(27-18)21(32)14-6-8-33-28-14/h1-8,25H,9-10H2. The second-order valence-electron chi connectivity index (χ2n) is 7.11. The van der Waals surface area contributed by atoms with Crippen molar-refractivity contribution in [2.45, 2.75) is 13.1 Å². The summed E-state index contributed by atoms with van der Waals surface area (Å²) >= 11 is 13.2. The minimum atomic E-state index is -0.736. The predicted octanol–water partition coefficient (Wildman–Crippen LogP) is 5.59. The van der Waals surface area contributed by atoms with E-state index in [1.54, 1.807) is 29.8 Å². The summed E-state index contributed by atoms with van der Waals surface area (Å²) in [6.07, 6.45) is 1.65. The molecule has 5 rings (SSSR count). The van der Waals surface area contributed by atoms with Gasteiger partial charge in [0.25, 0.3) is 11.5 Å². The number of carbonyl (C=O) groups is 1. The minimum absolute atomic E-state index is 0.0924. The van der Waals surface area contributed by atoms with Crippen molar-refractivity contribution in [3.63, 3.8) is 0 Å². The lowest BCUT2D eigenvalue weighted by Crippen LogP contribution is -2.21. The van der Waals surface area contributed by atoms with Crippen LogP contribution in [-0.2, 0) is 13.1 Å². The normalized spacial score (nSPS) is 11.2. The van der Waals surface area contributed by atoms with E-state index < -0.39 is 11.7 Å². The lowest BCUT2D eigenvalue weighted by Gasteiger charge is -2.10. The molecule has 0 aliphatic rings. The first-order valence-electron chi connectivity index (χ1n) is 9.93. The van der Waals surface area contributed by atoms with Crippen molar-refractivity contribution < 1.29 is 9.18 Å². The highest BCUT2D eigenvalue weighted by Gasteiger charge is 2.27. The van der Waals surface area contributed by atoms with Gasteiger partial charge in [0, 0.05) is 33.0 Å². The zero-order valence-corrected chi connectivity index (χ0v) is 22.2. The molecule has 0 saturated carbocycles. The molecule has 5 aromatic rings. The number of hydrogen-bond donors (Lipinski definition) is 1. The second kappa shape index (κ2) is 10.1. The Morgan fingerprint density at radius 2 is 2.03 bits per heavy atom. The number of carbonyl (C=O) groups excluding carboxylic acids is 1. The molecule has 8 nitrogen and oxygen atoms in total. The predicted molar refractivity (Wildman–Crippen MR) is 139 cm³/mol. The summed E-state index contributed by atoms with van der Waals surface area (Å²) in [7, 11) is 0. The number of halogens is 3. The van der Waals surface area contributed by atoms with E-state index in [9.17, 15) is 9.59 Å². The van der Waals surface area contributed by atoms with Crippen LogP contribution in [0, 0.1) is 5.82 Å². The Kier molecular flexibility index (Phi) is 6.93. The SMILES string of the molecule is O=C(c1ccsn1)n1nc(-c2ccc(=O)n(Cc3ccns3)c2Br)c(F)c1NCc1ccc(Cl)s1. The summed E-state index contributed by atoms with van der Waals surface area (Å²) in [5, 5.41) is 8.92. The van der Waals surface area contributed by atoms with E-state index in [2.05, 4.69) is 35.1 Å². The van der Waals surface area contributed by atoms with Gasteiger partial charge in [-0.3, -0.25) is 14.2 Å². The highest BCUT2D eigenvalue weighted by Crippen LogP contribution is 2.33. The largest absolute Gasteiger partial charge is 0.363 e. The highest BCUT2D eigenvalue weighted by atomic mass is 79.9. The smallest absolute Gasteiger partial charge is 0.299 e. The van der Waals surface area contributed by atoms with Gasteiger partial charge >= 0.3 is 0 Å². The highest BCUT2D eigenvalue weighted by molar-refractivity contribution is 9.10. The zero-order chi connectivity index (χ0) is 24.5. The molecular formula is C21H13BrClFN6O2S3. The first-order valence-corrected chi connectivity index (χ1v) is 13.5. The monoisotopic (exact) mass is 610 g/mol. The Bertz CT molecular complexity index is 1560. The van der Waals surface area contributed by atoms with Crippen molar-refractivity contribution in [3.8, 4) is 11.3 Å². The fraction of sp³-hybridized carbons (Fsp3) is 0.0952. The van der Waals surface area contributed by atoms with E-state index in [1.165, 1.54) is 39.6 Å². The molecule has 0 aliphatic carbocycles. The van der Waals surface area contributed by atoms with E-state index in [0.717, 1.165) is 26.0 Å². The van der Waals surface area contributed by atoms with Crippen molar-refractivity contribution in [2.75, 3.05) is 5.32 Å². The molecule has 0 fully saturated rings. The van der Waals surface area contributed by atoms with Crippen molar-refractivity contribution in [3.05, 3.63) is 88.5 Å². The quantitative estimate of drug-likeness (QED) is 0.241. The molecule has 178 valence electrons. The third kappa shape index (κ3) is 4.86. The summed E-state index contributed by atoms with van der Waals surface area (Å²) in [6.45, 7) is 0.484. The topological polar surface area (TPSA) is 94.7 Å². The minimum Gasteiger partial charge on any atom is -0.363 e. The molecule has 35 heavy (non-hydrogen) atoms. The molecule has 0 amide bonds. The van der Waals surface area contributed by atoms with Crippen LogP contribution in [0.2, 0.25) is 4.34 Å². The van der Waals surface area contributed by atoms with Crippen LogP contribution < -0.4 is 10.9 Å². The number of anilines is 1. The van der Waals surface area contributed by atoms with Gasteiger partial charge in [-0.05, 0) is 69.3 Å². The molecular weight excluding hydrogens is 599 g/mol. The number of aromatic nitrogens is 5. The Hall–Kier alpha value is -2.71. The molecule has 1 N–H and O–H groups in total.